The Hall–Kier alpha value is -2.00. The van der Waals surface area contributed by atoms with Gasteiger partial charge in [0.15, 0.2) is 11.5 Å². The van der Waals surface area contributed by atoms with Crippen molar-refractivity contribution < 1.29 is 9.47 Å². The largest absolute Gasteiger partial charge is 0.454 e. The molecule has 0 fully saturated rings. The van der Waals surface area contributed by atoms with Crippen LogP contribution in [0.15, 0.2) is 36.4 Å². The van der Waals surface area contributed by atoms with Gasteiger partial charge >= 0.3 is 0 Å². The quantitative estimate of drug-likeness (QED) is 0.917. The lowest BCUT2D eigenvalue weighted by atomic mass is 9.88. The van der Waals surface area contributed by atoms with Crippen LogP contribution in [0.3, 0.4) is 0 Å². The van der Waals surface area contributed by atoms with Crippen LogP contribution >= 0.6 is 0 Å². The average Bonchev–Trinajstić information content (AvgIpc) is 2.99. The highest BCUT2D eigenvalue weighted by Crippen LogP contribution is 2.39. The summed E-state index contributed by atoms with van der Waals surface area (Å²) in [5, 5.41) is 3.64. The van der Waals surface area contributed by atoms with Crippen molar-refractivity contribution in [1.29, 1.82) is 0 Å². The molecule has 2 aromatic rings. The molecule has 2 aliphatic heterocycles. The Bertz CT molecular complexity index is 681. The van der Waals surface area contributed by atoms with Crippen molar-refractivity contribution in [3.05, 3.63) is 58.7 Å². The Morgan fingerprint density at radius 2 is 2.00 bits per heavy atom. The van der Waals surface area contributed by atoms with E-state index in [0.717, 1.165) is 30.9 Å². The normalized spacial score (nSPS) is 19.4. The maximum atomic E-state index is 5.54. The van der Waals surface area contributed by atoms with Crippen molar-refractivity contribution in [2.45, 2.75) is 25.8 Å². The number of fused-ring (bicyclic) bond motifs is 2. The predicted octanol–water partition coefficient (Wildman–Crippen LogP) is 3.21. The lowest BCUT2D eigenvalue weighted by Gasteiger charge is -2.28. The van der Waals surface area contributed by atoms with E-state index in [-0.39, 0.29) is 6.04 Å². The standard InChI is InChI=1S/C18H19NO2/c1-2-12-4-3-5-14(8-12)18-15-10-17-16(20-11-21-17)9-13(15)6-7-19-18/h3-5,8-10,18-19H,2,6-7,11H2,1H3. The lowest BCUT2D eigenvalue weighted by molar-refractivity contribution is 0.174. The smallest absolute Gasteiger partial charge is 0.231 e. The zero-order valence-electron chi connectivity index (χ0n) is 12.2. The summed E-state index contributed by atoms with van der Waals surface area (Å²) in [5.74, 6) is 1.76. The molecule has 0 saturated carbocycles. The lowest BCUT2D eigenvalue weighted by Crippen LogP contribution is -2.30. The number of rotatable bonds is 2. The average molecular weight is 281 g/mol. The molecular weight excluding hydrogens is 262 g/mol. The van der Waals surface area contributed by atoms with E-state index in [9.17, 15) is 0 Å². The molecule has 3 heteroatoms. The molecule has 1 unspecified atom stereocenters. The highest BCUT2D eigenvalue weighted by Gasteiger charge is 2.25. The van der Waals surface area contributed by atoms with Gasteiger partial charge in [0.1, 0.15) is 0 Å². The molecule has 0 amide bonds. The van der Waals surface area contributed by atoms with Crippen LogP contribution in [0.4, 0.5) is 0 Å². The van der Waals surface area contributed by atoms with Crippen LogP contribution < -0.4 is 14.8 Å². The minimum absolute atomic E-state index is 0.245. The summed E-state index contributed by atoms with van der Waals surface area (Å²) in [4.78, 5) is 0. The number of nitrogens with one attached hydrogen (secondary N) is 1. The molecule has 0 spiro atoms. The van der Waals surface area contributed by atoms with Crippen molar-refractivity contribution in [2.75, 3.05) is 13.3 Å². The number of aryl methyl sites for hydroxylation is 1. The van der Waals surface area contributed by atoms with E-state index in [1.54, 1.807) is 0 Å². The summed E-state index contributed by atoms with van der Waals surface area (Å²) in [6, 6.07) is 13.4. The van der Waals surface area contributed by atoms with Gasteiger partial charge < -0.3 is 14.8 Å². The highest BCUT2D eigenvalue weighted by molar-refractivity contribution is 5.52. The second-order valence-electron chi connectivity index (χ2n) is 5.64. The summed E-state index contributed by atoms with van der Waals surface area (Å²) in [6.07, 6.45) is 2.10. The fourth-order valence-corrected chi connectivity index (χ4v) is 3.24. The molecule has 2 heterocycles. The predicted molar refractivity (Wildman–Crippen MR) is 81.9 cm³/mol. The first-order valence-electron chi connectivity index (χ1n) is 7.60. The van der Waals surface area contributed by atoms with E-state index >= 15 is 0 Å². The molecule has 0 bridgehead atoms. The maximum Gasteiger partial charge on any atom is 0.231 e. The molecule has 0 saturated heterocycles. The molecule has 108 valence electrons. The first kappa shape index (κ1) is 12.7. The van der Waals surface area contributed by atoms with Gasteiger partial charge in [-0.3, -0.25) is 0 Å². The first-order valence-corrected chi connectivity index (χ1v) is 7.60. The molecule has 0 aromatic heterocycles. The summed E-state index contributed by atoms with van der Waals surface area (Å²) in [6.45, 7) is 3.52. The second kappa shape index (κ2) is 5.08. The molecule has 0 radical (unpaired) electrons. The van der Waals surface area contributed by atoms with E-state index in [0.29, 0.717) is 6.79 Å². The van der Waals surface area contributed by atoms with Crippen molar-refractivity contribution in [3.8, 4) is 11.5 Å². The zero-order valence-corrected chi connectivity index (χ0v) is 12.2. The summed E-state index contributed by atoms with van der Waals surface area (Å²) < 4.78 is 11.0. The molecule has 1 N–H and O–H groups in total. The molecule has 2 aliphatic rings. The molecule has 3 nitrogen and oxygen atoms in total. The van der Waals surface area contributed by atoms with Crippen molar-refractivity contribution in [1.82, 2.24) is 5.32 Å². The van der Waals surface area contributed by atoms with Gasteiger partial charge in [-0.2, -0.15) is 0 Å². The fraction of sp³-hybridized carbons (Fsp3) is 0.333. The monoisotopic (exact) mass is 281 g/mol. The van der Waals surface area contributed by atoms with Crippen molar-refractivity contribution in [2.24, 2.45) is 0 Å². The van der Waals surface area contributed by atoms with Crippen LogP contribution in [0.1, 0.15) is 35.2 Å². The Balaban J connectivity index is 1.79. The Morgan fingerprint density at radius 1 is 1.14 bits per heavy atom. The third-order valence-corrected chi connectivity index (χ3v) is 4.38. The minimum atomic E-state index is 0.245. The summed E-state index contributed by atoms with van der Waals surface area (Å²) >= 11 is 0. The highest BCUT2D eigenvalue weighted by atomic mass is 16.7. The van der Waals surface area contributed by atoms with Gasteiger partial charge in [0.2, 0.25) is 6.79 Å². The Kier molecular flexibility index (Phi) is 3.08. The van der Waals surface area contributed by atoms with Crippen LogP contribution in [0.5, 0.6) is 11.5 Å². The molecule has 0 aliphatic carbocycles. The number of hydrogen-bond acceptors (Lipinski definition) is 3. The van der Waals surface area contributed by atoms with Crippen LogP contribution in [0.25, 0.3) is 0 Å². The van der Waals surface area contributed by atoms with Crippen LogP contribution in [0, 0.1) is 0 Å². The molecule has 1 atom stereocenters. The van der Waals surface area contributed by atoms with Crippen LogP contribution in [-0.4, -0.2) is 13.3 Å². The van der Waals surface area contributed by atoms with E-state index < -0.39 is 0 Å². The Labute approximate surface area is 124 Å². The van der Waals surface area contributed by atoms with Crippen molar-refractivity contribution >= 4 is 0 Å². The molecule has 21 heavy (non-hydrogen) atoms. The van der Waals surface area contributed by atoms with Gasteiger partial charge in [0.25, 0.3) is 0 Å². The van der Waals surface area contributed by atoms with Crippen LogP contribution in [0.2, 0.25) is 0 Å². The van der Waals surface area contributed by atoms with Gasteiger partial charge in [-0.1, -0.05) is 31.2 Å². The van der Waals surface area contributed by atoms with Crippen molar-refractivity contribution in [3.63, 3.8) is 0 Å². The van der Waals surface area contributed by atoms with E-state index in [2.05, 4.69) is 48.6 Å². The minimum Gasteiger partial charge on any atom is -0.454 e. The van der Waals surface area contributed by atoms with Gasteiger partial charge in [0, 0.05) is 6.54 Å². The van der Waals surface area contributed by atoms with E-state index in [1.165, 1.54) is 22.3 Å². The zero-order chi connectivity index (χ0) is 14.2. The van der Waals surface area contributed by atoms with E-state index in [1.807, 2.05) is 0 Å². The Morgan fingerprint density at radius 3 is 2.86 bits per heavy atom. The molecule has 4 rings (SSSR count). The van der Waals surface area contributed by atoms with Crippen LogP contribution in [-0.2, 0) is 12.8 Å². The van der Waals surface area contributed by atoms with Gasteiger partial charge in [-0.25, -0.2) is 0 Å². The maximum absolute atomic E-state index is 5.54. The topological polar surface area (TPSA) is 30.5 Å². The van der Waals surface area contributed by atoms with Gasteiger partial charge in [0.05, 0.1) is 6.04 Å². The molecular formula is C18H19NO2. The first-order chi connectivity index (χ1) is 10.3. The number of benzene rings is 2. The van der Waals surface area contributed by atoms with Gasteiger partial charge in [-0.05, 0) is 47.2 Å². The number of hydrogen-bond donors (Lipinski definition) is 1. The van der Waals surface area contributed by atoms with Gasteiger partial charge in [-0.15, -0.1) is 0 Å². The number of ether oxygens (including phenoxy) is 2. The molecule has 2 aromatic carbocycles. The van der Waals surface area contributed by atoms with E-state index in [4.69, 9.17) is 9.47 Å². The summed E-state index contributed by atoms with van der Waals surface area (Å²) in [7, 11) is 0. The third-order valence-electron chi connectivity index (χ3n) is 4.38. The third kappa shape index (κ3) is 2.18. The fourth-order valence-electron chi connectivity index (χ4n) is 3.24. The second-order valence-corrected chi connectivity index (χ2v) is 5.64. The SMILES string of the molecule is CCc1cccc(C2NCCc3cc4c(cc32)OCO4)c1. The summed E-state index contributed by atoms with van der Waals surface area (Å²) in [5.41, 5.74) is 5.39.